The van der Waals surface area contributed by atoms with Crippen LogP contribution < -0.4 is 10.1 Å². The molecule has 0 aliphatic carbocycles. The van der Waals surface area contributed by atoms with Gasteiger partial charge in [0.1, 0.15) is 5.75 Å². The lowest BCUT2D eigenvalue weighted by molar-refractivity contribution is 0.355. The van der Waals surface area contributed by atoms with Gasteiger partial charge >= 0.3 is 0 Å². The molecule has 2 nitrogen and oxygen atoms in total. The van der Waals surface area contributed by atoms with Crippen LogP contribution in [0.2, 0.25) is 0 Å². The number of ether oxygens (including phenoxy) is 1. The molecule has 79 valence electrons. The van der Waals surface area contributed by atoms with Crippen molar-refractivity contribution in [2.24, 2.45) is 0 Å². The minimum Gasteiger partial charge on any atom is -0.493 e. The predicted octanol–water partition coefficient (Wildman–Crippen LogP) is 2.10. The first-order chi connectivity index (χ1) is 7.43. The van der Waals surface area contributed by atoms with E-state index < -0.39 is 0 Å². The zero-order valence-corrected chi connectivity index (χ0v) is 8.91. The van der Waals surface area contributed by atoms with E-state index in [-0.39, 0.29) is 0 Å². The van der Waals surface area contributed by atoms with Crippen LogP contribution in [0.15, 0.2) is 18.2 Å². The molecule has 0 bridgehead atoms. The van der Waals surface area contributed by atoms with Gasteiger partial charge in [0.15, 0.2) is 0 Å². The Labute approximate surface area is 90.6 Å². The number of nitrogens with zero attached hydrogens (tertiary/aromatic N) is 1. The quantitative estimate of drug-likeness (QED) is 0.684. The van der Waals surface area contributed by atoms with Gasteiger partial charge < -0.3 is 4.74 Å². The van der Waals surface area contributed by atoms with Gasteiger partial charge in [0.25, 0.3) is 0 Å². The summed E-state index contributed by atoms with van der Waals surface area (Å²) in [7, 11) is 0. The van der Waals surface area contributed by atoms with Crippen molar-refractivity contribution in [3.8, 4) is 5.75 Å². The first-order valence-corrected chi connectivity index (χ1v) is 5.82. The summed E-state index contributed by atoms with van der Waals surface area (Å²) in [6, 6.07) is 6.77. The molecule has 2 heterocycles. The summed E-state index contributed by atoms with van der Waals surface area (Å²) < 4.78 is 5.61. The Morgan fingerprint density at radius 3 is 2.93 bits per heavy atom. The van der Waals surface area contributed by atoms with Crippen LogP contribution in [0.3, 0.4) is 0 Å². The molecule has 0 spiro atoms. The molecule has 0 unspecified atom stereocenters. The largest absolute Gasteiger partial charge is 0.493 e. The lowest BCUT2D eigenvalue weighted by atomic mass is 9.89. The summed E-state index contributed by atoms with van der Waals surface area (Å²) in [5, 5.41) is 4.39. The monoisotopic (exact) mass is 202 g/mol. The maximum absolute atomic E-state index is 5.61. The number of piperidine rings is 1. The number of rotatable bonds is 1. The molecule has 1 aromatic carbocycles. The third kappa shape index (κ3) is 1.74. The van der Waals surface area contributed by atoms with Crippen LogP contribution in [0.4, 0.5) is 0 Å². The van der Waals surface area contributed by atoms with E-state index in [2.05, 4.69) is 23.5 Å². The van der Waals surface area contributed by atoms with Crippen molar-refractivity contribution in [2.45, 2.75) is 25.2 Å². The highest BCUT2D eigenvalue weighted by Gasteiger charge is 2.19. The molecule has 1 fully saturated rings. The summed E-state index contributed by atoms with van der Waals surface area (Å²) in [4.78, 5) is 0. The number of fused-ring (bicyclic) bond motifs is 1. The molecule has 0 atom stereocenters. The zero-order valence-electron chi connectivity index (χ0n) is 8.91. The van der Waals surface area contributed by atoms with Gasteiger partial charge in [0.05, 0.1) is 6.61 Å². The smallest absolute Gasteiger partial charge is 0.122 e. The Bertz CT molecular complexity index is 356. The molecule has 2 aliphatic heterocycles. The van der Waals surface area contributed by atoms with Crippen LogP contribution in [-0.2, 0) is 6.42 Å². The Hall–Kier alpha value is -1.02. The van der Waals surface area contributed by atoms with Gasteiger partial charge in [-0.15, -0.1) is 0 Å². The molecule has 1 radical (unpaired) electrons. The molecule has 2 heteroatoms. The van der Waals surface area contributed by atoms with E-state index in [1.807, 2.05) is 0 Å². The molecular formula is C13H16NO. The predicted molar refractivity (Wildman–Crippen MR) is 59.5 cm³/mol. The molecule has 15 heavy (non-hydrogen) atoms. The summed E-state index contributed by atoms with van der Waals surface area (Å²) in [6.07, 6.45) is 3.49. The Balaban J connectivity index is 1.85. The van der Waals surface area contributed by atoms with Crippen molar-refractivity contribution < 1.29 is 4.74 Å². The third-order valence-corrected chi connectivity index (χ3v) is 3.46. The molecule has 0 aromatic heterocycles. The van der Waals surface area contributed by atoms with Gasteiger partial charge in [-0.1, -0.05) is 12.1 Å². The van der Waals surface area contributed by atoms with E-state index in [9.17, 15) is 0 Å². The average molecular weight is 202 g/mol. The highest BCUT2D eigenvalue weighted by Crippen LogP contribution is 2.32. The SMILES string of the molecule is c1cc2c(cc1C1CC[N]CC1)OCC2. The van der Waals surface area contributed by atoms with Crippen molar-refractivity contribution in [1.29, 1.82) is 0 Å². The third-order valence-electron chi connectivity index (χ3n) is 3.46. The van der Waals surface area contributed by atoms with Crippen molar-refractivity contribution in [3.05, 3.63) is 29.3 Å². The summed E-state index contributed by atoms with van der Waals surface area (Å²) in [6.45, 7) is 2.92. The fourth-order valence-electron chi connectivity index (χ4n) is 2.52. The second kappa shape index (κ2) is 3.86. The van der Waals surface area contributed by atoms with Crippen LogP contribution in [0.5, 0.6) is 5.75 Å². The Morgan fingerprint density at radius 1 is 1.20 bits per heavy atom. The minimum absolute atomic E-state index is 0.706. The molecule has 3 rings (SSSR count). The minimum atomic E-state index is 0.706. The first kappa shape index (κ1) is 9.22. The van der Waals surface area contributed by atoms with Gasteiger partial charge in [0, 0.05) is 19.5 Å². The summed E-state index contributed by atoms with van der Waals surface area (Å²) in [5.74, 6) is 1.83. The van der Waals surface area contributed by atoms with E-state index in [0.29, 0.717) is 5.92 Å². The molecule has 1 aromatic rings. The van der Waals surface area contributed by atoms with E-state index in [1.165, 1.54) is 24.0 Å². The average Bonchev–Trinajstić information content (AvgIpc) is 2.77. The highest BCUT2D eigenvalue weighted by molar-refractivity contribution is 5.41. The molecule has 0 saturated carbocycles. The highest BCUT2D eigenvalue weighted by atomic mass is 16.5. The Morgan fingerprint density at radius 2 is 2.07 bits per heavy atom. The van der Waals surface area contributed by atoms with Crippen LogP contribution in [0, 0.1) is 0 Å². The zero-order chi connectivity index (χ0) is 10.1. The number of benzene rings is 1. The van der Waals surface area contributed by atoms with Crippen molar-refractivity contribution in [1.82, 2.24) is 5.32 Å². The maximum Gasteiger partial charge on any atom is 0.122 e. The molecule has 0 amide bonds. The van der Waals surface area contributed by atoms with Crippen molar-refractivity contribution in [2.75, 3.05) is 19.7 Å². The van der Waals surface area contributed by atoms with Crippen LogP contribution in [-0.4, -0.2) is 19.7 Å². The molecule has 2 aliphatic rings. The standard InChI is InChI=1S/C13H16NO/c1-2-12(10-3-6-14-7-4-10)9-13-11(1)5-8-15-13/h1-2,9-10H,3-8H2. The lowest BCUT2D eigenvalue weighted by Gasteiger charge is -2.22. The van der Waals surface area contributed by atoms with Crippen LogP contribution >= 0.6 is 0 Å². The first-order valence-electron chi connectivity index (χ1n) is 5.82. The van der Waals surface area contributed by atoms with Gasteiger partial charge in [-0.25, -0.2) is 5.32 Å². The van der Waals surface area contributed by atoms with Gasteiger partial charge in [-0.3, -0.25) is 0 Å². The van der Waals surface area contributed by atoms with Crippen LogP contribution in [0.25, 0.3) is 0 Å². The van der Waals surface area contributed by atoms with Crippen LogP contribution in [0.1, 0.15) is 29.9 Å². The fraction of sp³-hybridized carbons (Fsp3) is 0.538. The number of hydrogen-bond donors (Lipinski definition) is 0. The Kier molecular flexibility index (Phi) is 2.37. The summed E-state index contributed by atoms with van der Waals surface area (Å²) in [5.41, 5.74) is 2.82. The molecule has 1 saturated heterocycles. The van der Waals surface area contributed by atoms with E-state index in [4.69, 9.17) is 4.74 Å². The van der Waals surface area contributed by atoms with E-state index in [0.717, 1.165) is 31.9 Å². The van der Waals surface area contributed by atoms with Gasteiger partial charge in [-0.05, 0) is 36.0 Å². The normalized spacial score (nSPS) is 21.1. The van der Waals surface area contributed by atoms with Crippen molar-refractivity contribution >= 4 is 0 Å². The van der Waals surface area contributed by atoms with E-state index in [1.54, 1.807) is 0 Å². The topological polar surface area (TPSA) is 23.3 Å². The number of hydrogen-bond acceptors (Lipinski definition) is 1. The van der Waals surface area contributed by atoms with Crippen molar-refractivity contribution in [3.63, 3.8) is 0 Å². The van der Waals surface area contributed by atoms with Gasteiger partial charge in [0.2, 0.25) is 0 Å². The molecule has 0 N–H and O–H groups in total. The summed E-state index contributed by atoms with van der Waals surface area (Å²) >= 11 is 0. The fourth-order valence-corrected chi connectivity index (χ4v) is 2.52. The second-order valence-electron chi connectivity index (χ2n) is 4.41. The molecular weight excluding hydrogens is 186 g/mol. The second-order valence-corrected chi connectivity index (χ2v) is 4.41. The van der Waals surface area contributed by atoms with E-state index >= 15 is 0 Å². The lowest BCUT2D eigenvalue weighted by Crippen LogP contribution is -2.20. The maximum atomic E-state index is 5.61. The van der Waals surface area contributed by atoms with Gasteiger partial charge in [-0.2, -0.15) is 0 Å².